The minimum Gasteiger partial charge on any atom is -0.394 e. The quantitative estimate of drug-likeness (QED) is 0.636. The smallest absolute Gasteiger partial charge is 0.251 e. The molecule has 1 saturated heterocycles. The number of hydrogen-bond donors (Lipinski definition) is 3. The number of aliphatic hydroxyl groups is 1. The number of halogens is 1. The predicted molar refractivity (Wildman–Crippen MR) is 101 cm³/mol. The van der Waals surface area contributed by atoms with Crippen LogP contribution in [0, 0.1) is 5.82 Å². The number of rotatable bonds is 7. The molecule has 3 N–H and O–H groups in total. The molecule has 3 rings (SSSR count). The van der Waals surface area contributed by atoms with Crippen molar-refractivity contribution in [2.24, 2.45) is 0 Å². The zero-order chi connectivity index (χ0) is 20.6. The zero-order valence-corrected chi connectivity index (χ0v) is 15.8. The Balaban J connectivity index is 1.47. The van der Waals surface area contributed by atoms with Gasteiger partial charge in [0.1, 0.15) is 18.2 Å². The van der Waals surface area contributed by atoms with E-state index < -0.39 is 18.0 Å². The van der Waals surface area contributed by atoms with Crippen molar-refractivity contribution < 1.29 is 23.8 Å². The molecule has 2 amide bonds. The van der Waals surface area contributed by atoms with Crippen LogP contribution in [0.5, 0.6) is 0 Å². The Morgan fingerprint density at radius 3 is 2.69 bits per heavy atom. The lowest BCUT2D eigenvalue weighted by Gasteiger charge is -2.36. The van der Waals surface area contributed by atoms with Crippen molar-refractivity contribution >= 4 is 11.8 Å². The monoisotopic (exact) mass is 402 g/mol. The number of aliphatic hydroxyl groups excluding tert-OH is 1. The van der Waals surface area contributed by atoms with Crippen molar-refractivity contribution in [2.75, 3.05) is 6.61 Å². The molecule has 2 aromatic rings. The summed E-state index contributed by atoms with van der Waals surface area (Å²) in [5, 5.41) is 15.2. The third-order valence-corrected chi connectivity index (χ3v) is 4.74. The Hall–Kier alpha value is -2.91. The molecule has 29 heavy (non-hydrogen) atoms. The lowest BCUT2D eigenvalue weighted by molar-refractivity contribution is -0.131. The summed E-state index contributed by atoms with van der Waals surface area (Å²) in [5.41, 5.74) is 1.03. The fourth-order valence-corrected chi connectivity index (χ4v) is 3.19. The lowest BCUT2D eigenvalue weighted by atomic mass is 9.96. The van der Waals surface area contributed by atoms with Crippen LogP contribution in [0.2, 0.25) is 0 Å². The van der Waals surface area contributed by atoms with Gasteiger partial charge in [-0.15, -0.1) is 0 Å². The number of benzene rings is 1. The molecule has 1 aromatic heterocycles. The van der Waals surface area contributed by atoms with E-state index in [0.717, 1.165) is 0 Å². The Kier molecular flexibility index (Phi) is 7.20. The molecular weight excluding hydrogens is 379 g/mol. The van der Waals surface area contributed by atoms with Gasteiger partial charge in [0.05, 0.1) is 37.4 Å². The summed E-state index contributed by atoms with van der Waals surface area (Å²) >= 11 is 0. The summed E-state index contributed by atoms with van der Waals surface area (Å²) in [7, 11) is 0. The molecule has 0 bridgehead atoms. The standard InChI is InChI=1S/C20H23FN4O4/c21-14-3-1-13(2-4-14)20(28)25-17-6-5-16(29-18(17)11-26)9-19(27)23-10-15-7-8-22-12-24-15/h1-4,7-8,12,16-18,26H,5-6,9-11H2,(H,23,27)(H,25,28)/t16-,17+,18+/m0/s1. The van der Waals surface area contributed by atoms with E-state index in [9.17, 15) is 19.1 Å². The van der Waals surface area contributed by atoms with Gasteiger partial charge in [-0.2, -0.15) is 0 Å². The van der Waals surface area contributed by atoms with E-state index in [-0.39, 0.29) is 30.9 Å². The first-order chi connectivity index (χ1) is 14.0. The molecule has 1 aliphatic rings. The molecule has 0 unspecified atom stereocenters. The molecule has 3 atom stereocenters. The van der Waals surface area contributed by atoms with Gasteiger partial charge in [-0.1, -0.05) is 0 Å². The van der Waals surface area contributed by atoms with Crippen LogP contribution in [-0.2, 0) is 16.1 Å². The normalized spacial score (nSPS) is 21.4. The summed E-state index contributed by atoms with van der Waals surface area (Å²) in [4.78, 5) is 32.3. The van der Waals surface area contributed by atoms with E-state index in [2.05, 4.69) is 20.6 Å². The van der Waals surface area contributed by atoms with Crippen LogP contribution in [-0.4, -0.2) is 51.7 Å². The van der Waals surface area contributed by atoms with Gasteiger partial charge in [0.15, 0.2) is 0 Å². The maximum Gasteiger partial charge on any atom is 0.251 e. The number of amides is 2. The average Bonchev–Trinajstić information content (AvgIpc) is 2.74. The summed E-state index contributed by atoms with van der Waals surface area (Å²) in [6, 6.07) is 6.55. The molecular formula is C20H23FN4O4. The number of nitrogens with one attached hydrogen (secondary N) is 2. The van der Waals surface area contributed by atoms with Crippen LogP contribution in [0.15, 0.2) is 42.9 Å². The van der Waals surface area contributed by atoms with Crippen molar-refractivity contribution in [3.8, 4) is 0 Å². The van der Waals surface area contributed by atoms with Gasteiger partial charge >= 0.3 is 0 Å². The van der Waals surface area contributed by atoms with Crippen LogP contribution < -0.4 is 10.6 Å². The summed E-state index contributed by atoms with van der Waals surface area (Å²) in [6.07, 6.45) is 3.32. The second kappa shape index (κ2) is 10.0. The third-order valence-electron chi connectivity index (χ3n) is 4.74. The van der Waals surface area contributed by atoms with Crippen molar-refractivity contribution in [3.63, 3.8) is 0 Å². The molecule has 154 valence electrons. The molecule has 0 aliphatic carbocycles. The Bertz CT molecular complexity index is 819. The van der Waals surface area contributed by atoms with Crippen LogP contribution >= 0.6 is 0 Å². The first-order valence-electron chi connectivity index (χ1n) is 9.39. The van der Waals surface area contributed by atoms with Gasteiger partial charge in [-0.25, -0.2) is 14.4 Å². The molecule has 9 heteroatoms. The van der Waals surface area contributed by atoms with E-state index >= 15 is 0 Å². The van der Waals surface area contributed by atoms with Crippen LogP contribution in [0.1, 0.15) is 35.3 Å². The fourth-order valence-electron chi connectivity index (χ4n) is 3.19. The highest BCUT2D eigenvalue weighted by Crippen LogP contribution is 2.22. The van der Waals surface area contributed by atoms with Crippen LogP contribution in [0.3, 0.4) is 0 Å². The predicted octanol–water partition coefficient (Wildman–Crippen LogP) is 0.960. The second-order valence-electron chi connectivity index (χ2n) is 6.82. The van der Waals surface area contributed by atoms with Gasteiger partial charge in [-0.05, 0) is 43.2 Å². The van der Waals surface area contributed by atoms with Crippen molar-refractivity contribution in [1.82, 2.24) is 20.6 Å². The van der Waals surface area contributed by atoms with Gasteiger partial charge in [0.25, 0.3) is 5.91 Å². The maximum atomic E-state index is 13.0. The summed E-state index contributed by atoms with van der Waals surface area (Å²) in [5.74, 6) is -0.964. The number of aromatic nitrogens is 2. The fraction of sp³-hybridized carbons (Fsp3) is 0.400. The number of carbonyl (C=O) groups is 2. The number of nitrogens with zero attached hydrogens (tertiary/aromatic N) is 2. The topological polar surface area (TPSA) is 113 Å². The van der Waals surface area contributed by atoms with Gasteiger partial charge in [-0.3, -0.25) is 9.59 Å². The van der Waals surface area contributed by atoms with Crippen molar-refractivity contribution in [1.29, 1.82) is 0 Å². The second-order valence-corrected chi connectivity index (χ2v) is 6.82. The molecule has 8 nitrogen and oxygen atoms in total. The highest BCUT2D eigenvalue weighted by Gasteiger charge is 2.33. The summed E-state index contributed by atoms with van der Waals surface area (Å²) in [6.45, 7) is 0.0152. The van der Waals surface area contributed by atoms with E-state index in [1.807, 2.05) is 0 Å². The van der Waals surface area contributed by atoms with Gasteiger partial charge in [0, 0.05) is 11.8 Å². The Morgan fingerprint density at radius 1 is 1.21 bits per heavy atom. The molecule has 1 fully saturated rings. The molecule has 1 aromatic carbocycles. The number of carbonyl (C=O) groups excluding carboxylic acids is 2. The zero-order valence-electron chi connectivity index (χ0n) is 15.8. The molecule has 0 radical (unpaired) electrons. The highest BCUT2D eigenvalue weighted by atomic mass is 19.1. The Labute approximate surface area is 167 Å². The first kappa shape index (κ1) is 20.8. The van der Waals surface area contributed by atoms with Crippen molar-refractivity contribution in [2.45, 2.75) is 44.1 Å². The minimum atomic E-state index is -0.618. The summed E-state index contributed by atoms with van der Waals surface area (Å²) < 4.78 is 18.8. The van der Waals surface area contributed by atoms with Crippen LogP contribution in [0.25, 0.3) is 0 Å². The SMILES string of the molecule is O=C(C[C@@H]1CC[C@@H](NC(=O)c2ccc(F)cc2)[C@@H](CO)O1)NCc1ccncn1. The van der Waals surface area contributed by atoms with E-state index in [4.69, 9.17) is 4.74 Å². The first-order valence-corrected chi connectivity index (χ1v) is 9.39. The minimum absolute atomic E-state index is 0.153. The van der Waals surface area contributed by atoms with Crippen LogP contribution in [0.4, 0.5) is 4.39 Å². The molecule has 1 aliphatic heterocycles. The van der Waals surface area contributed by atoms with E-state index in [1.165, 1.54) is 30.6 Å². The third kappa shape index (κ3) is 6.03. The van der Waals surface area contributed by atoms with Gasteiger partial charge < -0.3 is 20.5 Å². The van der Waals surface area contributed by atoms with E-state index in [0.29, 0.717) is 30.6 Å². The van der Waals surface area contributed by atoms with E-state index in [1.54, 1.807) is 12.3 Å². The van der Waals surface area contributed by atoms with Crippen molar-refractivity contribution in [3.05, 3.63) is 59.9 Å². The lowest BCUT2D eigenvalue weighted by Crippen LogP contribution is -2.51. The highest BCUT2D eigenvalue weighted by molar-refractivity contribution is 5.94. The average molecular weight is 402 g/mol. The maximum absolute atomic E-state index is 13.0. The number of ether oxygens (including phenoxy) is 1. The largest absolute Gasteiger partial charge is 0.394 e. The molecule has 0 saturated carbocycles. The van der Waals surface area contributed by atoms with Gasteiger partial charge in [0.2, 0.25) is 5.91 Å². The molecule has 0 spiro atoms. The number of hydrogen-bond acceptors (Lipinski definition) is 6. The Morgan fingerprint density at radius 2 is 2.00 bits per heavy atom. The molecule has 2 heterocycles.